The lowest BCUT2D eigenvalue weighted by Gasteiger charge is -2.45. The van der Waals surface area contributed by atoms with Crippen LogP contribution in [0.5, 0.6) is 5.75 Å². The van der Waals surface area contributed by atoms with Crippen LogP contribution in [0.4, 0.5) is 20.6 Å². The highest BCUT2D eigenvalue weighted by Crippen LogP contribution is 2.44. The normalized spacial score (nSPS) is 22.5. The van der Waals surface area contributed by atoms with Gasteiger partial charge >= 0.3 is 12.1 Å². The first-order valence-corrected chi connectivity index (χ1v) is 19.0. The van der Waals surface area contributed by atoms with Crippen molar-refractivity contribution in [2.24, 2.45) is 0 Å². The van der Waals surface area contributed by atoms with Gasteiger partial charge in [0.15, 0.2) is 6.73 Å². The Labute approximate surface area is 324 Å². The molecule has 288 valence electrons. The van der Waals surface area contributed by atoms with E-state index in [0.717, 1.165) is 18.5 Å². The number of morpholine rings is 1. The molecule has 0 aliphatic carbocycles. The summed E-state index contributed by atoms with van der Waals surface area (Å²) in [4.78, 5) is 47.2. The second-order valence-corrected chi connectivity index (χ2v) is 16.3. The SMILES string of the molecule is COC(=O)c1cc(F)c(-c2cccc3c2OCN(C(=O)c2c(Cl)cc(N4C[C@H](C)N(C(=O)OC(C)(C)C)C[C@H]4C)cc2Cl)C3)cc1N1C2CCC1COC2. The van der Waals surface area contributed by atoms with Crippen LogP contribution in [0.25, 0.3) is 11.1 Å². The van der Waals surface area contributed by atoms with E-state index in [-0.39, 0.29) is 70.3 Å². The Balaban J connectivity index is 1.12. The van der Waals surface area contributed by atoms with Crippen LogP contribution < -0.4 is 14.5 Å². The zero-order chi connectivity index (χ0) is 38.6. The summed E-state index contributed by atoms with van der Waals surface area (Å²) >= 11 is 13.6. The Morgan fingerprint density at radius 1 is 0.926 bits per heavy atom. The molecule has 0 radical (unpaired) electrons. The molecule has 0 spiro atoms. The molecule has 3 aromatic carbocycles. The van der Waals surface area contributed by atoms with Gasteiger partial charge in [-0.1, -0.05) is 41.4 Å². The van der Waals surface area contributed by atoms with Crippen LogP contribution in [0.2, 0.25) is 10.0 Å². The average molecular weight is 784 g/mol. The van der Waals surface area contributed by atoms with E-state index in [4.69, 9.17) is 42.1 Å². The summed E-state index contributed by atoms with van der Waals surface area (Å²) < 4.78 is 38.6. The van der Waals surface area contributed by atoms with E-state index in [9.17, 15) is 14.4 Å². The smallest absolute Gasteiger partial charge is 0.410 e. The zero-order valence-electron chi connectivity index (χ0n) is 31.3. The molecule has 3 fully saturated rings. The topological polar surface area (TPSA) is 101 Å². The molecule has 7 rings (SSSR count). The quantitative estimate of drug-likeness (QED) is 0.240. The fourth-order valence-corrected chi connectivity index (χ4v) is 8.68. The van der Waals surface area contributed by atoms with Gasteiger partial charge in [0, 0.05) is 47.6 Å². The van der Waals surface area contributed by atoms with Gasteiger partial charge in [0.2, 0.25) is 0 Å². The highest BCUT2D eigenvalue weighted by Gasteiger charge is 2.40. The Bertz CT molecular complexity index is 1950. The third-order valence-corrected chi connectivity index (χ3v) is 11.2. The molecule has 2 bridgehead atoms. The summed E-state index contributed by atoms with van der Waals surface area (Å²) in [6.45, 7) is 11.5. The number of benzene rings is 3. The number of ether oxygens (including phenoxy) is 4. The standard InChI is InChI=1S/C40H45Cl2FN4O7/c1-22-17-46(39(50)54-40(3,4)5)23(2)16-45(22)27-12-31(41)35(32(42)13-27)37(48)44-18-24-8-7-9-28(36(24)53-21-44)29-15-34(30(14-33(29)43)38(49)51-6)47-25-10-11-26(47)20-52-19-25/h7-9,12-15,22-23,25-26H,10-11,16-21H2,1-6H3/t22-,23+,25?,26?/m1/s1. The Kier molecular flexibility index (Phi) is 10.4. The van der Waals surface area contributed by atoms with Gasteiger partial charge in [0.05, 0.1) is 65.8 Å². The molecule has 4 heterocycles. The molecule has 11 nitrogen and oxygen atoms in total. The van der Waals surface area contributed by atoms with Crippen molar-refractivity contribution in [1.82, 2.24) is 9.80 Å². The summed E-state index contributed by atoms with van der Waals surface area (Å²) in [5.74, 6) is -1.17. The first kappa shape index (κ1) is 38.0. The first-order valence-electron chi connectivity index (χ1n) is 18.2. The number of carbonyl (C=O) groups is 3. The van der Waals surface area contributed by atoms with Gasteiger partial charge in [-0.05, 0) is 71.7 Å². The van der Waals surface area contributed by atoms with Gasteiger partial charge < -0.3 is 38.5 Å². The van der Waals surface area contributed by atoms with E-state index in [1.807, 2.05) is 40.7 Å². The lowest BCUT2D eigenvalue weighted by molar-refractivity contribution is 0.0130. The number of methoxy groups -OCH3 is 1. The van der Waals surface area contributed by atoms with Gasteiger partial charge in [0.1, 0.15) is 17.2 Å². The highest BCUT2D eigenvalue weighted by molar-refractivity contribution is 6.40. The minimum atomic E-state index is -0.614. The molecular formula is C40H45Cl2FN4O7. The maximum absolute atomic E-state index is 16.0. The van der Waals surface area contributed by atoms with E-state index < -0.39 is 23.3 Å². The number of hydrogen-bond donors (Lipinski definition) is 0. The number of rotatable bonds is 5. The molecule has 4 atom stereocenters. The molecule has 54 heavy (non-hydrogen) atoms. The van der Waals surface area contributed by atoms with Crippen LogP contribution in [-0.4, -0.2) is 97.7 Å². The van der Waals surface area contributed by atoms with Gasteiger partial charge in [0.25, 0.3) is 5.91 Å². The van der Waals surface area contributed by atoms with Crippen LogP contribution in [-0.2, 0) is 20.8 Å². The number of hydrogen-bond acceptors (Lipinski definition) is 9. The van der Waals surface area contributed by atoms with E-state index in [1.165, 1.54) is 18.1 Å². The van der Waals surface area contributed by atoms with Crippen LogP contribution >= 0.6 is 23.2 Å². The minimum Gasteiger partial charge on any atom is -0.472 e. The van der Waals surface area contributed by atoms with Gasteiger partial charge in [-0.2, -0.15) is 0 Å². The number of anilines is 2. The number of carbonyl (C=O) groups excluding carboxylic acids is 3. The third kappa shape index (κ3) is 7.15. The average Bonchev–Trinajstić information content (AvgIpc) is 3.36. The molecule has 0 saturated carbocycles. The molecule has 2 amide bonds. The van der Waals surface area contributed by atoms with Crippen molar-refractivity contribution in [3.63, 3.8) is 0 Å². The van der Waals surface area contributed by atoms with Crippen molar-refractivity contribution in [3.05, 3.63) is 75.0 Å². The maximum Gasteiger partial charge on any atom is 0.410 e. The van der Waals surface area contributed by atoms with Crippen molar-refractivity contribution in [1.29, 1.82) is 0 Å². The van der Waals surface area contributed by atoms with Crippen molar-refractivity contribution in [2.45, 2.75) is 83.8 Å². The van der Waals surface area contributed by atoms with Gasteiger partial charge in [-0.25, -0.2) is 14.0 Å². The zero-order valence-corrected chi connectivity index (χ0v) is 32.8. The highest BCUT2D eigenvalue weighted by atomic mass is 35.5. The van der Waals surface area contributed by atoms with Crippen LogP contribution in [0.3, 0.4) is 0 Å². The van der Waals surface area contributed by atoms with E-state index in [2.05, 4.69) is 9.80 Å². The number of halogens is 3. The number of nitrogens with zero attached hydrogens (tertiary/aromatic N) is 4. The van der Waals surface area contributed by atoms with Gasteiger partial charge in [-0.3, -0.25) is 4.79 Å². The summed E-state index contributed by atoms with van der Waals surface area (Å²) in [6.07, 6.45) is 1.46. The van der Waals surface area contributed by atoms with E-state index in [1.54, 1.807) is 35.2 Å². The second kappa shape index (κ2) is 14.8. The number of esters is 1. The molecule has 0 N–H and O–H groups in total. The van der Waals surface area contributed by atoms with Crippen LogP contribution in [0.1, 0.15) is 73.7 Å². The van der Waals surface area contributed by atoms with Crippen molar-refractivity contribution < 1.29 is 37.7 Å². The lowest BCUT2D eigenvalue weighted by Crippen LogP contribution is -2.59. The first-order chi connectivity index (χ1) is 25.6. The molecule has 3 saturated heterocycles. The predicted octanol–water partition coefficient (Wildman–Crippen LogP) is 7.78. The number of piperazine rings is 1. The number of fused-ring (bicyclic) bond motifs is 3. The summed E-state index contributed by atoms with van der Waals surface area (Å²) in [5.41, 5.74) is 2.49. The summed E-state index contributed by atoms with van der Waals surface area (Å²) in [7, 11) is 1.28. The Morgan fingerprint density at radius 3 is 2.26 bits per heavy atom. The maximum atomic E-state index is 16.0. The monoisotopic (exact) mass is 782 g/mol. The Morgan fingerprint density at radius 2 is 1.61 bits per heavy atom. The van der Waals surface area contributed by atoms with Crippen molar-refractivity contribution >= 4 is 52.5 Å². The third-order valence-electron chi connectivity index (χ3n) is 10.6. The fraction of sp³-hybridized carbons (Fsp3) is 0.475. The Hall–Kier alpha value is -4.26. The molecular weight excluding hydrogens is 738 g/mol. The molecule has 4 aliphatic heterocycles. The van der Waals surface area contributed by atoms with Crippen LogP contribution in [0.15, 0.2) is 42.5 Å². The van der Waals surface area contributed by atoms with Crippen LogP contribution in [0, 0.1) is 5.82 Å². The van der Waals surface area contributed by atoms with Crippen molar-refractivity contribution in [3.8, 4) is 16.9 Å². The largest absolute Gasteiger partial charge is 0.472 e. The van der Waals surface area contributed by atoms with Crippen molar-refractivity contribution in [2.75, 3.05) is 49.9 Å². The molecule has 0 aromatic heterocycles. The molecule has 3 aromatic rings. The number of amides is 2. The summed E-state index contributed by atoms with van der Waals surface area (Å²) in [6, 6.07) is 11.7. The second-order valence-electron chi connectivity index (χ2n) is 15.5. The molecule has 14 heteroatoms. The van der Waals surface area contributed by atoms with Gasteiger partial charge in [-0.15, -0.1) is 0 Å². The lowest BCUT2D eigenvalue weighted by atomic mass is 9.96. The minimum absolute atomic E-state index is 0.0695. The fourth-order valence-electron chi connectivity index (χ4n) is 8.04. The molecule has 4 aliphatic rings. The van der Waals surface area contributed by atoms with E-state index >= 15 is 4.39 Å². The summed E-state index contributed by atoms with van der Waals surface area (Å²) in [5, 5.41) is 0.377. The predicted molar refractivity (Wildman–Crippen MR) is 204 cm³/mol. The van der Waals surface area contributed by atoms with E-state index in [0.29, 0.717) is 48.9 Å². The molecule has 2 unspecified atom stereocenters. The number of para-hydroxylation sites is 1.